The van der Waals surface area contributed by atoms with Gasteiger partial charge in [0, 0.05) is 17.5 Å². The van der Waals surface area contributed by atoms with Crippen LogP contribution < -0.4 is 10.9 Å². The Morgan fingerprint density at radius 2 is 2.03 bits per heavy atom. The molecule has 0 bridgehead atoms. The second kappa shape index (κ2) is 7.13. The summed E-state index contributed by atoms with van der Waals surface area (Å²) >= 11 is 6.33. The van der Waals surface area contributed by atoms with E-state index in [0.717, 1.165) is 37.2 Å². The van der Waals surface area contributed by atoms with Gasteiger partial charge in [0.2, 0.25) is 5.82 Å². The van der Waals surface area contributed by atoms with Crippen LogP contribution in [0.25, 0.3) is 28.5 Å². The van der Waals surface area contributed by atoms with Crippen LogP contribution in [0.1, 0.15) is 30.0 Å². The van der Waals surface area contributed by atoms with Gasteiger partial charge in [-0.05, 0) is 50.6 Å². The van der Waals surface area contributed by atoms with Crippen molar-refractivity contribution < 1.29 is 4.52 Å². The Hall–Kier alpha value is -2.97. The van der Waals surface area contributed by atoms with E-state index in [1.807, 2.05) is 25.1 Å². The number of piperidine rings is 1. The molecule has 1 aliphatic heterocycles. The van der Waals surface area contributed by atoms with Crippen LogP contribution in [0.2, 0.25) is 5.02 Å². The summed E-state index contributed by atoms with van der Waals surface area (Å²) < 4.78 is 7.25. The summed E-state index contributed by atoms with van der Waals surface area (Å²) in [7, 11) is 0. The number of rotatable bonds is 3. The second-order valence-electron chi connectivity index (χ2n) is 7.31. The molecule has 1 aromatic carbocycles. The highest BCUT2D eigenvalue weighted by atomic mass is 35.5. The van der Waals surface area contributed by atoms with Gasteiger partial charge in [0.05, 0.1) is 16.9 Å². The number of benzene rings is 1. The van der Waals surface area contributed by atoms with Crippen molar-refractivity contribution in [3.05, 3.63) is 57.1 Å². The fourth-order valence-corrected chi connectivity index (χ4v) is 4.14. The van der Waals surface area contributed by atoms with Crippen molar-refractivity contribution in [1.82, 2.24) is 30.1 Å². The van der Waals surface area contributed by atoms with E-state index in [9.17, 15) is 4.79 Å². The lowest BCUT2D eigenvalue weighted by Crippen LogP contribution is -2.28. The molecule has 1 saturated heterocycles. The Bertz CT molecular complexity index is 1250. The molecule has 5 rings (SSSR count). The number of nitrogens with one attached hydrogen (secondary N) is 2. The fourth-order valence-electron chi connectivity index (χ4n) is 3.82. The Labute approximate surface area is 170 Å². The molecule has 8 nitrogen and oxygen atoms in total. The third-order valence-corrected chi connectivity index (χ3v) is 5.63. The highest BCUT2D eigenvalue weighted by molar-refractivity contribution is 6.33. The van der Waals surface area contributed by atoms with Gasteiger partial charge < -0.3 is 14.8 Å². The third-order valence-electron chi connectivity index (χ3n) is 5.31. The first kappa shape index (κ1) is 18.1. The maximum absolute atomic E-state index is 12.3. The van der Waals surface area contributed by atoms with E-state index in [1.54, 1.807) is 16.8 Å². The summed E-state index contributed by atoms with van der Waals surface area (Å²) in [6, 6.07) is 7.28. The monoisotopic (exact) mass is 410 g/mol. The number of aromatic amines is 1. The van der Waals surface area contributed by atoms with E-state index in [4.69, 9.17) is 16.1 Å². The first-order valence-corrected chi connectivity index (χ1v) is 9.90. The van der Waals surface area contributed by atoms with Crippen LogP contribution >= 0.6 is 11.6 Å². The number of hydrogen-bond acceptors (Lipinski definition) is 6. The average Bonchev–Trinajstić information content (AvgIpc) is 3.35. The Balaban J connectivity index is 1.59. The number of fused-ring (bicyclic) bond motifs is 1. The predicted octanol–water partition coefficient (Wildman–Crippen LogP) is 3.17. The van der Waals surface area contributed by atoms with E-state index in [0.29, 0.717) is 27.6 Å². The predicted molar refractivity (Wildman–Crippen MR) is 109 cm³/mol. The molecule has 0 aliphatic carbocycles. The Kier molecular flexibility index (Phi) is 4.44. The minimum atomic E-state index is -0.172. The summed E-state index contributed by atoms with van der Waals surface area (Å²) in [4.78, 5) is 19.7. The average molecular weight is 411 g/mol. The molecule has 148 valence electrons. The van der Waals surface area contributed by atoms with Gasteiger partial charge in [0.1, 0.15) is 11.2 Å². The van der Waals surface area contributed by atoms with Gasteiger partial charge in [0.15, 0.2) is 0 Å². The van der Waals surface area contributed by atoms with Crippen LogP contribution in [0.15, 0.2) is 39.8 Å². The molecule has 0 saturated carbocycles. The molecular weight excluding hydrogens is 392 g/mol. The van der Waals surface area contributed by atoms with Crippen molar-refractivity contribution in [3.63, 3.8) is 0 Å². The molecule has 9 heteroatoms. The lowest BCUT2D eigenvalue weighted by Gasteiger charge is -2.23. The van der Waals surface area contributed by atoms with E-state index < -0.39 is 0 Å². The molecule has 0 spiro atoms. The third kappa shape index (κ3) is 3.24. The summed E-state index contributed by atoms with van der Waals surface area (Å²) in [5, 5.41) is 12.5. The zero-order chi connectivity index (χ0) is 20.0. The van der Waals surface area contributed by atoms with Gasteiger partial charge >= 0.3 is 0 Å². The first-order chi connectivity index (χ1) is 14.1. The smallest absolute Gasteiger partial charge is 0.263 e. The molecule has 2 N–H and O–H groups in total. The van der Waals surface area contributed by atoms with Crippen molar-refractivity contribution in [1.29, 1.82) is 0 Å². The SMILES string of the molecule is Cc1ccc(-c2noc(-c3cnn4c(C5CCNCC5)cc(=O)[nH]c34)n2)c(Cl)c1. The highest BCUT2D eigenvalue weighted by Gasteiger charge is 2.23. The van der Waals surface area contributed by atoms with Crippen molar-refractivity contribution in [2.45, 2.75) is 25.7 Å². The van der Waals surface area contributed by atoms with Crippen molar-refractivity contribution in [3.8, 4) is 22.8 Å². The largest absolute Gasteiger partial charge is 0.333 e. The fraction of sp³-hybridized carbons (Fsp3) is 0.300. The first-order valence-electron chi connectivity index (χ1n) is 9.52. The van der Waals surface area contributed by atoms with Crippen LogP contribution in [-0.2, 0) is 0 Å². The molecule has 3 aromatic heterocycles. The lowest BCUT2D eigenvalue weighted by atomic mass is 9.94. The van der Waals surface area contributed by atoms with Gasteiger partial charge in [-0.15, -0.1) is 0 Å². The summed E-state index contributed by atoms with van der Waals surface area (Å²) in [6.07, 6.45) is 3.57. The lowest BCUT2D eigenvalue weighted by molar-refractivity contribution is 0.432. The Morgan fingerprint density at radius 3 is 2.83 bits per heavy atom. The molecule has 29 heavy (non-hydrogen) atoms. The van der Waals surface area contributed by atoms with Crippen molar-refractivity contribution >= 4 is 17.2 Å². The minimum Gasteiger partial charge on any atom is -0.333 e. The summed E-state index contributed by atoms with van der Waals surface area (Å²) in [6.45, 7) is 3.82. The van der Waals surface area contributed by atoms with E-state index in [1.165, 1.54) is 0 Å². The number of aryl methyl sites for hydroxylation is 1. The molecule has 0 atom stereocenters. The molecule has 4 heterocycles. The summed E-state index contributed by atoms with van der Waals surface area (Å²) in [5.41, 5.74) is 3.60. The number of aromatic nitrogens is 5. The standard InChI is InChI=1S/C20H19ClN6O2/c1-11-2-3-13(15(21)8-11)18-25-20(29-26-18)14-10-23-27-16(9-17(28)24-19(14)27)12-4-6-22-7-5-12/h2-3,8-10,12,22H,4-7H2,1H3,(H,24,28). The van der Waals surface area contributed by atoms with E-state index in [-0.39, 0.29) is 17.4 Å². The quantitative estimate of drug-likeness (QED) is 0.538. The zero-order valence-electron chi connectivity index (χ0n) is 15.8. The van der Waals surface area contributed by atoms with Crippen LogP contribution in [0.4, 0.5) is 0 Å². The van der Waals surface area contributed by atoms with Crippen molar-refractivity contribution in [2.75, 3.05) is 13.1 Å². The maximum Gasteiger partial charge on any atom is 0.263 e. The maximum atomic E-state index is 12.3. The van der Waals surface area contributed by atoms with Crippen LogP contribution in [0.3, 0.4) is 0 Å². The normalized spacial score (nSPS) is 15.2. The molecule has 4 aromatic rings. The summed E-state index contributed by atoms with van der Waals surface area (Å²) in [5.74, 6) is 0.948. The van der Waals surface area contributed by atoms with Crippen LogP contribution in [0, 0.1) is 6.92 Å². The number of nitrogens with zero attached hydrogens (tertiary/aromatic N) is 4. The molecule has 0 unspecified atom stereocenters. The van der Waals surface area contributed by atoms with Gasteiger partial charge in [-0.3, -0.25) is 4.79 Å². The minimum absolute atomic E-state index is 0.172. The topological polar surface area (TPSA) is 101 Å². The number of hydrogen-bond donors (Lipinski definition) is 2. The zero-order valence-corrected chi connectivity index (χ0v) is 16.5. The van der Waals surface area contributed by atoms with Gasteiger partial charge in [-0.25, -0.2) is 4.52 Å². The van der Waals surface area contributed by atoms with E-state index in [2.05, 4.69) is 25.5 Å². The molecule has 0 radical (unpaired) electrons. The van der Waals surface area contributed by atoms with Crippen molar-refractivity contribution in [2.24, 2.45) is 0 Å². The Morgan fingerprint density at radius 1 is 1.21 bits per heavy atom. The van der Waals surface area contributed by atoms with Gasteiger partial charge in [-0.2, -0.15) is 10.1 Å². The molecule has 1 aliphatic rings. The number of H-pyrrole nitrogens is 1. The van der Waals surface area contributed by atoms with Crippen LogP contribution in [-0.4, -0.2) is 37.8 Å². The second-order valence-corrected chi connectivity index (χ2v) is 7.72. The molecular formula is C20H19ClN6O2. The number of halogens is 1. The van der Waals surface area contributed by atoms with Crippen LogP contribution in [0.5, 0.6) is 0 Å². The van der Waals surface area contributed by atoms with Gasteiger partial charge in [-0.1, -0.05) is 22.8 Å². The molecule has 0 amide bonds. The van der Waals surface area contributed by atoms with E-state index >= 15 is 0 Å². The highest BCUT2D eigenvalue weighted by Crippen LogP contribution is 2.31. The molecule has 1 fully saturated rings. The van der Waals surface area contributed by atoms with Gasteiger partial charge in [0.25, 0.3) is 11.4 Å².